The summed E-state index contributed by atoms with van der Waals surface area (Å²) < 4.78 is 5.46. The highest BCUT2D eigenvalue weighted by molar-refractivity contribution is 5.76. The highest BCUT2D eigenvalue weighted by Gasteiger charge is 2.20. The maximum Gasteiger partial charge on any atom is 0.311 e. The van der Waals surface area contributed by atoms with Gasteiger partial charge in [-0.05, 0) is 48.6 Å². The molecule has 0 aliphatic carbocycles. The maximum absolute atomic E-state index is 11.7. The van der Waals surface area contributed by atoms with Gasteiger partial charge in [0, 0.05) is 0 Å². The molecule has 1 unspecified atom stereocenters. The summed E-state index contributed by atoms with van der Waals surface area (Å²) in [6, 6.07) is 15.5. The lowest BCUT2D eigenvalue weighted by molar-refractivity contribution is -0.138. The Labute approximate surface area is 131 Å². The van der Waals surface area contributed by atoms with Gasteiger partial charge in [-0.3, -0.25) is 4.79 Å². The van der Waals surface area contributed by atoms with Gasteiger partial charge in [0.25, 0.3) is 0 Å². The average molecular weight is 298 g/mol. The Morgan fingerprint density at radius 3 is 2.36 bits per heavy atom. The molecule has 0 saturated heterocycles. The molecule has 2 rings (SSSR count). The van der Waals surface area contributed by atoms with Crippen molar-refractivity contribution in [1.29, 1.82) is 0 Å². The third-order valence-electron chi connectivity index (χ3n) is 3.74. The Morgan fingerprint density at radius 2 is 1.77 bits per heavy atom. The minimum Gasteiger partial charge on any atom is -0.494 e. The summed E-state index contributed by atoms with van der Waals surface area (Å²) in [7, 11) is 0. The molecule has 0 aliphatic heterocycles. The Kier molecular flexibility index (Phi) is 5.59. The smallest absolute Gasteiger partial charge is 0.311 e. The maximum atomic E-state index is 11.7. The van der Waals surface area contributed by atoms with E-state index in [4.69, 9.17) is 4.74 Å². The van der Waals surface area contributed by atoms with Gasteiger partial charge in [-0.2, -0.15) is 0 Å². The van der Waals surface area contributed by atoms with E-state index < -0.39 is 11.9 Å². The van der Waals surface area contributed by atoms with Crippen LogP contribution in [0.3, 0.4) is 0 Å². The molecule has 1 N–H and O–H groups in total. The van der Waals surface area contributed by atoms with Crippen LogP contribution in [0.1, 0.15) is 36.5 Å². The van der Waals surface area contributed by atoms with Gasteiger partial charge in [-0.15, -0.1) is 0 Å². The largest absolute Gasteiger partial charge is 0.494 e. The van der Waals surface area contributed by atoms with Crippen molar-refractivity contribution in [2.45, 2.75) is 32.6 Å². The SMILES string of the molecule is CCOc1cccc(C(Cc2ccc(CC)cc2)C(=O)O)c1. The van der Waals surface area contributed by atoms with Crippen molar-refractivity contribution in [3.05, 3.63) is 65.2 Å². The standard InChI is InChI=1S/C19H22O3/c1-3-14-8-10-15(11-9-14)12-18(19(20)21)16-6-5-7-17(13-16)22-4-2/h5-11,13,18H,3-4,12H2,1-2H3,(H,20,21). The van der Waals surface area contributed by atoms with Gasteiger partial charge >= 0.3 is 5.97 Å². The minimum absolute atomic E-state index is 0.481. The zero-order chi connectivity index (χ0) is 15.9. The third kappa shape index (κ3) is 4.10. The molecule has 3 heteroatoms. The summed E-state index contributed by atoms with van der Waals surface area (Å²) in [5.74, 6) is -0.659. The van der Waals surface area contributed by atoms with Crippen LogP contribution < -0.4 is 4.74 Å². The number of aliphatic carboxylic acids is 1. The van der Waals surface area contributed by atoms with Crippen LogP contribution >= 0.6 is 0 Å². The van der Waals surface area contributed by atoms with E-state index in [0.29, 0.717) is 18.8 Å². The molecule has 0 amide bonds. The minimum atomic E-state index is -0.812. The molecule has 0 spiro atoms. The van der Waals surface area contributed by atoms with Gasteiger partial charge in [0.15, 0.2) is 0 Å². The Hall–Kier alpha value is -2.29. The monoisotopic (exact) mass is 298 g/mol. The predicted octanol–water partition coefficient (Wildman–Crippen LogP) is 4.06. The van der Waals surface area contributed by atoms with Gasteiger partial charge in [0.1, 0.15) is 5.75 Å². The summed E-state index contributed by atoms with van der Waals surface area (Å²) in [5, 5.41) is 9.57. The van der Waals surface area contributed by atoms with E-state index in [1.165, 1.54) is 5.56 Å². The predicted molar refractivity (Wildman–Crippen MR) is 87.5 cm³/mol. The zero-order valence-corrected chi connectivity index (χ0v) is 13.1. The lowest BCUT2D eigenvalue weighted by atomic mass is 9.91. The normalized spacial score (nSPS) is 11.9. The highest BCUT2D eigenvalue weighted by atomic mass is 16.5. The van der Waals surface area contributed by atoms with Crippen LogP contribution in [0, 0.1) is 0 Å². The summed E-state index contributed by atoms with van der Waals surface area (Å²) in [6.07, 6.45) is 1.47. The molecule has 3 nitrogen and oxygen atoms in total. The number of carboxylic acids is 1. The molecule has 0 heterocycles. The number of hydrogen-bond donors (Lipinski definition) is 1. The molecule has 22 heavy (non-hydrogen) atoms. The summed E-state index contributed by atoms with van der Waals surface area (Å²) in [6.45, 7) is 4.59. The van der Waals surface area contributed by atoms with E-state index in [-0.39, 0.29) is 0 Å². The topological polar surface area (TPSA) is 46.5 Å². The second kappa shape index (κ2) is 7.64. The number of hydrogen-bond acceptors (Lipinski definition) is 2. The second-order valence-corrected chi connectivity index (χ2v) is 5.27. The van der Waals surface area contributed by atoms with E-state index in [0.717, 1.165) is 17.5 Å². The average Bonchev–Trinajstić information content (AvgIpc) is 2.53. The van der Waals surface area contributed by atoms with Crippen molar-refractivity contribution < 1.29 is 14.6 Å². The van der Waals surface area contributed by atoms with Crippen LogP contribution in [0.2, 0.25) is 0 Å². The number of carboxylic acid groups (broad SMARTS) is 1. The fourth-order valence-corrected chi connectivity index (χ4v) is 2.48. The second-order valence-electron chi connectivity index (χ2n) is 5.27. The Balaban J connectivity index is 2.22. The van der Waals surface area contributed by atoms with Crippen molar-refractivity contribution >= 4 is 5.97 Å². The first kappa shape index (κ1) is 16.1. The van der Waals surface area contributed by atoms with Crippen LogP contribution in [-0.4, -0.2) is 17.7 Å². The molecule has 0 aromatic heterocycles. The molecular weight excluding hydrogens is 276 g/mol. The molecule has 116 valence electrons. The van der Waals surface area contributed by atoms with Gasteiger partial charge in [-0.25, -0.2) is 0 Å². The van der Waals surface area contributed by atoms with E-state index >= 15 is 0 Å². The fraction of sp³-hybridized carbons (Fsp3) is 0.316. The molecule has 0 saturated carbocycles. The summed E-state index contributed by atoms with van der Waals surface area (Å²) in [4.78, 5) is 11.7. The number of ether oxygens (including phenoxy) is 1. The van der Waals surface area contributed by atoms with Crippen LogP contribution in [0.15, 0.2) is 48.5 Å². The molecular formula is C19H22O3. The van der Waals surface area contributed by atoms with Gasteiger partial charge in [-0.1, -0.05) is 43.3 Å². The third-order valence-corrected chi connectivity index (χ3v) is 3.74. The molecule has 0 radical (unpaired) electrons. The van der Waals surface area contributed by atoms with Crippen LogP contribution in [0.5, 0.6) is 5.75 Å². The van der Waals surface area contributed by atoms with Crippen molar-refractivity contribution in [3.63, 3.8) is 0 Å². The first-order valence-electron chi connectivity index (χ1n) is 7.67. The first-order chi connectivity index (χ1) is 10.6. The molecule has 2 aromatic carbocycles. The van der Waals surface area contributed by atoms with Crippen molar-refractivity contribution in [2.24, 2.45) is 0 Å². The number of benzene rings is 2. The summed E-state index contributed by atoms with van der Waals surface area (Å²) in [5.41, 5.74) is 3.07. The summed E-state index contributed by atoms with van der Waals surface area (Å²) >= 11 is 0. The van der Waals surface area contributed by atoms with Crippen molar-refractivity contribution in [2.75, 3.05) is 6.61 Å². The van der Waals surface area contributed by atoms with Crippen LogP contribution in [-0.2, 0) is 17.6 Å². The van der Waals surface area contributed by atoms with E-state index in [1.54, 1.807) is 0 Å². The Bertz CT molecular complexity index is 617. The molecule has 0 bridgehead atoms. The number of carbonyl (C=O) groups is 1. The zero-order valence-electron chi connectivity index (χ0n) is 13.1. The highest BCUT2D eigenvalue weighted by Crippen LogP contribution is 2.25. The van der Waals surface area contributed by atoms with Gasteiger partial charge in [0.05, 0.1) is 12.5 Å². The van der Waals surface area contributed by atoms with Crippen molar-refractivity contribution in [3.8, 4) is 5.75 Å². The number of rotatable bonds is 7. The van der Waals surface area contributed by atoms with E-state index in [9.17, 15) is 9.90 Å². The molecule has 0 aliphatic rings. The number of aryl methyl sites for hydroxylation is 1. The van der Waals surface area contributed by atoms with Crippen molar-refractivity contribution in [1.82, 2.24) is 0 Å². The van der Waals surface area contributed by atoms with Crippen LogP contribution in [0.4, 0.5) is 0 Å². The quantitative estimate of drug-likeness (QED) is 0.838. The lowest BCUT2D eigenvalue weighted by Gasteiger charge is -2.14. The molecule has 2 aromatic rings. The van der Waals surface area contributed by atoms with E-state index in [1.807, 2.05) is 43.3 Å². The van der Waals surface area contributed by atoms with E-state index in [2.05, 4.69) is 19.1 Å². The van der Waals surface area contributed by atoms with Gasteiger partial charge in [0.2, 0.25) is 0 Å². The fourth-order valence-electron chi connectivity index (χ4n) is 2.48. The van der Waals surface area contributed by atoms with Gasteiger partial charge < -0.3 is 9.84 Å². The lowest BCUT2D eigenvalue weighted by Crippen LogP contribution is -2.14. The molecule has 0 fully saturated rings. The molecule has 1 atom stereocenters. The first-order valence-corrected chi connectivity index (χ1v) is 7.67. The van der Waals surface area contributed by atoms with Crippen LogP contribution in [0.25, 0.3) is 0 Å². The Morgan fingerprint density at radius 1 is 1.09 bits per heavy atom.